The van der Waals surface area contributed by atoms with E-state index in [2.05, 4.69) is 12.0 Å². The number of phenols is 1. The Morgan fingerprint density at radius 1 is 1.04 bits per heavy atom. The van der Waals surface area contributed by atoms with Crippen molar-refractivity contribution in [3.8, 4) is 17.0 Å². The molecule has 2 rings (SSSR count). The Morgan fingerprint density at radius 3 is 2.27 bits per heavy atom. The van der Waals surface area contributed by atoms with Crippen LogP contribution in [0.15, 0.2) is 30.3 Å². The van der Waals surface area contributed by atoms with Crippen molar-refractivity contribution in [1.82, 2.24) is 15.3 Å². The van der Waals surface area contributed by atoms with Gasteiger partial charge in [0.15, 0.2) is 5.69 Å². The van der Waals surface area contributed by atoms with Crippen molar-refractivity contribution in [3.63, 3.8) is 0 Å². The Morgan fingerprint density at radius 2 is 1.65 bits per heavy atom. The number of benzene rings is 1. The molecule has 1 aromatic heterocycles. The van der Waals surface area contributed by atoms with Crippen molar-refractivity contribution < 1.29 is 15.1 Å². The van der Waals surface area contributed by atoms with Crippen LogP contribution in [0.3, 0.4) is 0 Å². The Bertz CT molecular complexity index is 680. The molecule has 142 valence electrons. The zero-order valence-corrected chi connectivity index (χ0v) is 15.4. The van der Waals surface area contributed by atoms with Crippen LogP contribution in [0.5, 0.6) is 5.75 Å². The number of rotatable bonds is 11. The number of carbonyl (C=O) groups excluding carboxylic acids is 1. The highest BCUT2D eigenvalue weighted by molar-refractivity contribution is 5.92. The van der Waals surface area contributed by atoms with Gasteiger partial charge in [-0.15, -0.1) is 0 Å². The van der Waals surface area contributed by atoms with Crippen LogP contribution in [0.1, 0.15) is 68.8 Å². The van der Waals surface area contributed by atoms with Crippen LogP contribution in [0.25, 0.3) is 11.3 Å². The van der Waals surface area contributed by atoms with E-state index < -0.39 is 5.91 Å². The number of hydrogen-bond donors (Lipinski definition) is 3. The summed E-state index contributed by atoms with van der Waals surface area (Å²) in [5.41, 5.74) is 3.47. The third-order valence-electron chi connectivity index (χ3n) is 4.50. The van der Waals surface area contributed by atoms with Crippen molar-refractivity contribution in [1.29, 1.82) is 0 Å². The molecule has 0 atom stereocenters. The average Bonchev–Trinajstić information content (AvgIpc) is 3.08. The Kier molecular flexibility index (Phi) is 8.15. The smallest absolute Gasteiger partial charge is 0.295 e. The molecule has 0 aliphatic heterocycles. The average molecular weight is 359 g/mol. The Labute approximate surface area is 154 Å². The number of phenolic OH excluding ortho intramolecular Hbond substituents is 1. The van der Waals surface area contributed by atoms with Gasteiger partial charge in [-0.1, -0.05) is 51.9 Å². The number of hydroxylamine groups is 1. The third-order valence-corrected chi connectivity index (χ3v) is 4.50. The molecule has 1 amide bonds. The number of aromatic hydroxyl groups is 1. The maximum atomic E-state index is 11.7. The molecule has 0 saturated heterocycles. The quantitative estimate of drug-likeness (QED) is 0.313. The second-order valence-corrected chi connectivity index (χ2v) is 6.60. The van der Waals surface area contributed by atoms with Gasteiger partial charge in [-0.2, -0.15) is 5.10 Å². The van der Waals surface area contributed by atoms with Gasteiger partial charge >= 0.3 is 0 Å². The topological polar surface area (TPSA) is 87.4 Å². The van der Waals surface area contributed by atoms with Crippen molar-refractivity contribution in [2.45, 2.75) is 64.8 Å². The number of nitrogens with zero attached hydrogens (tertiary/aromatic N) is 2. The van der Waals surface area contributed by atoms with E-state index in [4.69, 9.17) is 5.21 Å². The van der Waals surface area contributed by atoms with Crippen LogP contribution >= 0.6 is 0 Å². The Balaban J connectivity index is 1.96. The van der Waals surface area contributed by atoms with E-state index in [1.807, 2.05) is 0 Å². The molecule has 1 aromatic carbocycles. The van der Waals surface area contributed by atoms with Crippen LogP contribution in [0.2, 0.25) is 0 Å². The number of aromatic nitrogens is 2. The second-order valence-electron chi connectivity index (χ2n) is 6.60. The lowest BCUT2D eigenvalue weighted by Gasteiger charge is -2.08. The monoisotopic (exact) mass is 359 g/mol. The highest BCUT2D eigenvalue weighted by Crippen LogP contribution is 2.23. The molecular weight excluding hydrogens is 330 g/mol. The summed E-state index contributed by atoms with van der Waals surface area (Å²) in [5, 5.41) is 22.6. The predicted molar refractivity (Wildman–Crippen MR) is 101 cm³/mol. The van der Waals surface area contributed by atoms with Gasteiger partial charge in [-0.3, -0.25) is 14.7 Å². The van der Waals surface area contributed by atoms with Gasteiger partial charge in [0.2, 0.25) is 0 Å². The zero-order valence-electron chi connectivity index (χ0n) is 15.4. The molecule has 0 aliphatic carbocycles. The lowest BCUT2D eigenvalue weighted by Crippen LogP contribution is -2.19. The molecule has 0 unspecified atom stereocenters. The summed E-state index contributed by atoms with van der Waals surface area (Å²) in [7, 11) is 0. The van der Waals surface area contributed by atoms with E-state index in [9.17, 15) is 9.90 Å². The zero-order chi connectivity index (χ0) is 18.8. The minimum absolute atomic E-state index is 0.176. The second kappa shape index (κ2) is 10.6. The van der Waals surface area contributed by atoms with Crippen molar-refractivity contribution in [3.05, 3.63) is 36.0 Å². The van der Waals surface area contributed by atoms with Gasteiger partial charge in [-0.05, 0) is 36.8 Å². The predicted octanol–water partition coefficient (Wildman–Crippen LogP) is 4.52. The SMILES string of the molecule is CCCCCCCCCCn1nc(C(=O)NO)cc1-c1ccc(O)cc1. The van der Waals surface area contributed by atoms with Crippen molar-refractivity contribution >= 4 is 5.91 Å². The summed E-state index contributed by atoms with van der Waals surface area (Å²) < 4.78 is 1.80. The molecule has 2 aromatic rings. The highest BCUT2D eigenvalue weighted by atomic mass is 16.5. The normalized spacial score (nSPS) is 10.8. The van der Waals surface area contributed by atoms with Crippen LogP contribution in [-0.4, -0.2) is 26.0 Å². The number of carbonyl (C=O) groups is 1. The molecule has 3 N–H and O–H groups in total. The summed E-state index contributed by atoms with van der Waals surface area (Å²) in [5.74, 6) is -0.434. The first kappa shape index (κ1) is 20.0. The van der Waals surface area contributed by atoms with Crippen LogP contribution in [0.4, 0.5) is 0 Å². The lowest BCUT2D eigenvalue weighted by atomic mass is 10.1. The fraction of sp³-hybridized carbons (Fsp3) is 0.500. The molecule has 0 fully saturated rings. The molecule has 6 nitrogen and oxygen atoms in total. The molecule has 26 heavy (non-hydrogen) atoms. The number of aryl methyl sites for hydroxylation is 1. The first-order valence-corrected chi connectivity index (χ1v) is 9.47. The molecular formula is C20H29N3O3. The number of hydrogen-bond acceptors (Lipinski definition) is 4. The van der Waals surface area contributed by atoms with Gasteiger partial charge < -0.3 is 5.11 Å². The first-order valence-electron chi connectivity index (χ1n) is 9.47. The van der Waals surface area contributed by atoms with Gasteiger partial charge in [0.1, 0.15) is 5.75 Å². The fourth-order valence-electron chi connectivity index (χ4n) is 3.02. The van der Waals surface area contributed by atoms with Crippen molar-refractivity contribution in [2.24, 2.45) is 0 Å². The summed E-state index contributed by atoms with van der Waals surface area (Å²) in [6.45, 7) is 2.94. The van der Waals surface area contributed by atoms with E-state index in [1.165, 1.54) is 38.5 Å². The van der Waals surface area contributed by atoms with Crippen LogP contribution < -0.4 is 5.48 Å². The highest BCUT2D eigenvalue weighted by Gasteiger charge is 2.15. The lowest BCUT2D eigenvalue weighted by molar-refractivity contribution is 0.0699. The maximum absolute atomic E-state index is 11.7. The number of unbranched alkanes of at least 4 members (excludes halogenated alkanes) is 7. The largest absolute Gasteiger partial charge is 0.508 e. The van der Waals surface area contributed by atoms with Gasteiger partial charge in [0, 0.05) is 12.1 Å². The first-order chi connectivity index (χ1) is 12.7. The van der Waals surface area contributed by atoms with Crippen molar-refractivity contribution in [2.75, 3.05) is 0 Å². The third kappa shape index (κ3) is 5.88. The molecule has 0 aliphatic rings. The molecule has 0 spiro atoms. The summed E-state index contributed by atoms with van der Waals surface area (Å²) >= 11 is 0. The van der Waals surface area contributed by atoms with Crippen LogP contribution in [-0.2, 0) is 6.54 Å². The van der Waals surface area contributed by atoms with Gasteiger partial charge in [0.25, 0.3) is 5.91 Å². The molecule has 6 heteroatoms. The van der Waals surface area contributed by atoms with Gasteiger partial charge in [0.05, 0.1) is 5.69 Å². The molecule has 0 bridgehead atoms. The van der Waals surface area contributed by atoms with Gasteiger partial charge in [-0.25, -0.2) is 5.48 Å². The molecule has 0 radical (unpaired) electrons. The van der Waals surface area contributed by atoms with E-state index >= 15 is 0 Å². The molecule has 1 heterocycles. The number of nitrogens with one attached hydrogen (secondary N) is 1. The van der Waals surface area contributed by atoms with E-state index in [1.54, 1.807) is 40.5 Å². The maximum Gasteiger partial charge on any atom is 0.295 e. The number of amides is 1. The standard InChI is InChI=1S/C20H29N3O3/c1-2-3-4-5-6-7-8-9-14-23-19(15-18(21-23)20(25)22-26)16-10-12-17(24)13-11-16/h10-13,15,24,26H,2-9,14H2,1H3,(H,22,25). The summed E-state index contributed by atoms with van der Waals surface area (Å²) in [6, 6.07) is 8.45. The van der Waals surface area contributed by atoms with E-state index in [0.29, 0.717) is 6.54 Å². The summed E-state index contributed by atoms with van der Waals surface area (Å²) in [4.78, 5) is 11.7. The Hall–Kier alpha value is -2.34. The minimum Gasteiger partial charge on any atom is -0.508 e. The fourth-order valence-corrected chi connectivity index (χ4v) is 3.02. The summed E-state index contributed by atoms with van der Waals surface area (Å²) in [6.07, 6.45) is 9.80. The molecule has 0 saturated carbocycles. The minimum atomic E-state index is -0.625. The van der Waals surface area contributed by atoms with Crippen LogP contribution in [0, 0.1) is 0 Å². The van der Waals surface area contributed by atoms with E-state index in [-0.39, 0.29) is 11.4 Å². The van der Waals surface area contributed by atoms with E-state index in [0.717, 1.165) is 24.1 Å².